The van der Waals surface area contributed by atoms with Crippen molar-refractivity contribution in [3.05, 3.63) is 0 Å². The van der Waals surface area contributed by atoms with Gasteiger partial charge in [-0.1, -0.05) is 0 Å². The molecule has 0 saturated heterocycles. The fraction of sp³-hybridized carbons (Fsp3) is 0.750. The first-order valence-corrected chi connectivity index (χ1v) is 6.38. The van der Waals surface area contributed by atoms with E-state index in [4.69, 9.17) is 0 Å². The van der Waals surface area contributed by atoms with E-state index in [0.717, 1.165) is 0 Å². The minimum absolute atomic E-state index is 0.142. The fourth-order valence-electron chi connectivity index (χ4n) is 0.750. The largest absolute Gasteiger partial charge is 0.465 e. The summed E-state index contributed by atoms with van der Waals surface area (Å²) in [5, 5.41) is 0. The Morgan fingerprint density at radius 3 is 2.35 bits per heavy atom. The first kappa shape index (κ1) is 15.7. The zero-order valence-electron chi connectivity index (χ0n) is 9.85. The fourth-order valence-corrected chi connectivity index (χ4v) is 1.40. The highest BCUT2D eigenvalue weighted by molar-refractivity contribution is 7.88. The van der Waals surface area contributed by atoms with Crippen molar-refractivity contribution < 1.29 is 27.5 Å². The van der Waals surface area contributed by atoms with E-state index in [0.29, 0.717) is 0 Å². The van der Waals surface area contributed by atoms with Crippen LogP contribution in [0.5, 0.6) is 0 Å². The zero-order valence-corrected chi connectivity index (χ0v) is 10.7. The van der Waals surface area contributed by atoms with Crippen molar-refractivity contribution in [2.45, 2.75) is 26.9 Å². The maximum Gasteiger partial charge on any atom is 0.422 e. The van der Waals surface area contributed by atoms with Crippen LogP contribution in [0.2, 0.25) is 0 Å². The number of esters is 1. The Hall–Kier alpha value is -1.35. The van der Waals surface area contributed by atoms with Gasteiger partial charge in [0, 0.05) is 0 Å². The van der Waals surface area contributed by atoms with E-state index < -0.39 is 34.9 Å². The molecular formula is C8H16N2O6S. The Morgan fingerprint density at radius 1 is 1.29 bits per heavy atom. The van der Waals surface area contributed by atoms with Gasteiger partial charge in [-0.25, -0.2) is 9.52 Å². The number of carbonyl (C=O) groups excluding carboxylic acids is 2. The molecule has 0 unspecified atom stereocenters. The highest BCUT2D eigenvalue weighted by atomic mass is 32.2. The Kier molecular flexibility index (Phi) is 6.51. The van der Waals surface area contributed by atoms with Gasteiger partial charge in [0.15, 0.2) is 0 Å². The molecule has 8 nitrogen and oxygen atoms in total. The van der Waals surface area contributed by atoms with Gasteiger partial charge in [0.2, 0.25) is 0 Å². The zero-order chi connectivity index (χ0) is 13.5. The number of ether oxygens (including phenoxy) is 2. The molecule has 2 N–H and O–H groups in total. The molecule has 9 heteroatoms. The first-order chi connectivity index (χ1) is 7.76. The third-order valence-electron chi connectivity index (χ3n) is 1.27. The van der Waals surface area contributed by atoms with Crippen LogP contribution in [0, 0.1) is 0 Å². The van der Waals surface area contributed by atoms with Crippen LogP contribution < -0.4 is 9.44 Å². The third kappa shape index (κ3) is 8.46. The number of hydrogen-bond acceptors (Lipinski definition) is 6. The normalized spacial score (nSPS) is 11.1. The van der Waals surface area contributed by atoms with Crippen molar-refractivity contribution in [3.63, 3.8) is 0 Å². The summed E-state index contributed by atoms with van der Waals surface area (Å²) in [6, 6.07) is 0. The highest BCUT2D eigenvalue weighted by Gasteiger charge is 2.17. The number of carbonyl (C=O) groups is 2. The predicted molar refractivity (Wildman–Crippen MR) is 58.3 cm³/mol. The summed E-state index contributed by atoms with van der Waals surface area (Å²) in [4.78, 5) is 21.8. The Balaban J connectivity index is 4.12. The molecule has 0 radical (unpaired) electrons. The average molecular weight is 268 g/mol. The van der Waals surface area contributed by atoms with Gasteiger partial charge < -0.3 is 9.47 Å². The molecule has 17 heavy (non-hydrogen) atoms. The lowest BCUT2D eigenvalue weighted by atomic mass is 10.5. The molecule has 0 bridgehead atoms. The lowest BCUT2D eigenvalue weighted by molar-refractivity contribution is -0.141. The van der Waals surface area contributed by atoms with E-state index in [1.807, 2.05) is 4.72 Å². The summed E-state index contributed by atoms with van der Waals surface area (Å²) in [5.74, 6) is -0.741. The lowest BCUT2D eigenvalue weighted by Crippen LogP contribution is -2.43. The molecule has 0 aromatic heterocycles. The minimum atomic E-state index is -4.12. The van der Waals surface area contributed by atoms with Gasteiger partial charge in [-0.15, -0.1) is 0 Å². The Bertz CT molecular complexity index is 364. The van der Waals surface area contributed by atoms with Crippen molar-refractivity contribution in [1.29, 1.82) is 0 Å². The van der Waals surface area contributed by atoms with E-state index in [9.17, 15) is 18.0 Å². The average Bonchev–Trinajstić information content (AvgIpc) is 2.13. The second-order valence-corrected chi connectivity index (χ2v) is 4.69. The molecule has 0 atom stereocenters. The Morgan fingerprint density at radius 2 is 1.88 bits per heavy atom. The molecule has 0 aromatic rings. The van der Waals surface area contributed by atoms with Gasteiger partial charge in [-0.2, -0.15) is 13.1 Å². The van der Waals surface area contributed by atoms with Crippen LogP contribution in [0.15, 0.2) is 0 Å². The van der Waals surface area contributed by atoms with Crippen LogP contribution in [0.25, 0.3) is 0 Å². The highest BCUT2D eigenvalue weighted by Crippen LogP contribution is 1.90. The van der Waals surface area contributed by atoms with Crippen molar-refractivity contribution in [2.24, 2.45) is 0 Å². The summed E-state index contributed by atoms with van der Waals surface area (Å²) in [7, 11) is -4.12. The summed E-state index contributed by atoms with van der Waals surface area (Å²) < 4.78 is 34.9. The van der Waals surface area contributed by atoms with E-state index in [2.05, 4.69) is 9.47 Å². The van der Waals surface area contributed by atoms with Crippen LogP contribution in [0.3, 0.4) is 0 Å². The second kappa shape index (κ2) is 7.07. The monoisotopic (exact) mass is 268 g/mol. The second-order valence-electron chi connectivity index (χ2n) is 3.19. The SMILES string of the molecule is CCOC(=O)CNS(=O)(=O)NC(=O)OC(C)C. The first-order valence-electron chi connectivity index (χ1n) is 4.90. The van der Waals surface area contributed by atoms with Gasteiger partial charge >= 0.3 is 22.3 Å². The third-order valence-corrected chi connectivity index (χ3v) is 2.23. The molecule has 0 aliphatic heterocycles. The lowest BCUT2D eigenvalue weighted by Gasteiger charge is -2.10. The van der Waals surface area contributed by atoms with E-state index in [-0.39, 0.29) is 6.61 Å². The Labute approximate surface area is 99.8 Å². The molecule has 0 rings (SSSR count). The summed E-state index contributed by atoms with van der Waals surface area (Å²) in [6.07, 6.45) is -1.56. The molecule has 1 amide bonds. The van der Waals surface area contributed by atoms with Crippen molar-refractivity contribution >= 4 is 22.3 Å². The molecule has 0 aliphatic rings. The number of nitrogens with one attached hydrogen (secondary N) is 2. The van der Waals surface area contributed by atoms with Crippen LogP contribution in [0.4, 0.5) is 4.79 Å². The van der Waals surface area contributed by atoms with Gasteiger partial charge in [0.25, 0.3) is 0 Å². The van der Waals surface area contributed by atoms with Crippen LogP contribution in [-0.4, -0.2) is 39.7 Å². The van der Waals surface area contributed by atoms with Crippen molar-refractivity contribution in [3.8, 4) is 0 Å². The summed E-state index contributed by atoms with van der Waals surface area (Å²) in [6.45, 7) is 4.31. The predicted octanol–water partition coefficient (Wildman–Crippen LogP) is -0.481. The molecule has 100 valence electrons. The van der Waals surface area contributed by atoms with E-state index in [1.54, 1.807) is 25.5 Å². The van der Waals surface area contributed by atoms with Crippen LogP contribution in [0.1, 0.15) is 20.8 Å². The van der Waals surface area contributed by atoms with E-state index in [1.165, 1.54) is 0 Å². The standard InChI is InChI=1S/C8H16N2O6S/c1-4-15-7(11)5-9-17(13,14)10-8(12)16-6(2)3/h6,9H,4-5H2,1-3H3,(H,10,12). The maximum absolute atomic E-state index is 11.2. The van der Waals surface area contributed by atoms with Crippen molar-refractivity contribution in [1.82, 2.24) is 9.44 Å². The summed E-state index contributed by atoms with van der Waals surface area (Å²) >= 11 is 0. The smallest absolute Gasteiger partial charge is 0.422 e. The van der Waals surface area contributed by atoms with Crippen molar-refractivity contribution in [2.75, 3.05) is 13.2 Å². The van der Waals surface area contributed by atoms with Gasteiger partial charge in [0.1, 0.15) is 6.54 Å². The molecule has 0 saturated carbocycles. The molecule has 0 heterocycles. The van der Waals surface area contributed by atoms with Gasteiger partial charge in [0.05, 0.1) is 12.7 Å². The number of amides is 1. The van der Waals surface area contributed by atoms with E-state index >= 15 is 0 Å². The minimum Gasteiger partial charge on any atom is -0.465 e. The van der Waals surface area contributed by atoms with Crippen LogP contribution in [-0.2, 0) is 24.5 Å². The molecule has 0 aliphatic carbocycles. The van der Waals surface area contributed by atoms with Crippen LogP contribution >= 0.6 is 0 Å². The molecule has 0 spiro atoms. The maximum atomic E-state index is 11.2. The molecule has 0 aromatic carbocycles. The molecular weight excluding hydrogens is 252 g/mol. The molecule has 0 fully saturated rings. The topological polar surface area (TPSA) is 111 Å². The summed E-state index contributed by atoms with van der Waals surface area (Å²) in [5.41, 5.74) is 0. The number of rotatable bonds is 6. The van der Waals surface area contributed by atoms with Gasteiger partial charge in [-0.3, -0.25) is 4.79 Å². The quantitative estimate of drug-likeness (QED) is 0.629. The number of hydrogen-bond donors (Lipinski definition) is 2. The van der Waals surface area contributed by atoms with Gasteiger partial charge in [-0.05, 0) is 20.8 Å².